The molecule has 3 N–H and O–H groups in total. The Morgan fingerprint density at radius 1 is 1.40 bits per heavy atom. The smallest absolute Gasteiger partial charge is 0.316 e. The summed E-state index contributed by atoms with van der Waals surface area (Å²) in [7, 11) is -4.38. The van der Waals surface area contributed by atoms with E-state index in [4.69, 9.17) is 9.79 Å². The van der Waals surface area contributed by atoms with Crippen LogP contribution in [0.25, 0.3) is 0 Å². The molecular weight excluding hydrogens is 221 g/mol. The first-order valence-corrected chi connectivity index (χ1v) is 6.29. The van der Waals surface area contributed by atoms with Gasteiger partial charge in [-0.2, -0.15) is 0 Å². The van der Waals surface area contributed by atoms with E-state index in [1.807, 2.05) is 13.8 Å². The Bertz CT molecular complexity index is 215. The second kappa shape index (κ2) is 6.58. The van der Waals surface area contributed by atoms with Crippen LogP contribution in [0.1, 0.15) is 20.3 Å². The molecule has 0 aromatic heterocycles. The lowest BCUT2D eigenvalue weighted by atomic mass is 9.95. The first kappa shape index (κ1) is 15.0. The van der Waals surface area contributed by atoms with Crippen LogP contribution in [0, 0.1) is 5.41 Å². The average Bonchev–Trinajstić information content (AvgIpc) is 2.09. The molecule has 0 amide bonds. The summed E-state index contributed by atoms with van der Waals surface area (Å²) in [5.41, 5.74) is -0.371. The molecule has 0 saturated carbocycles. The predicted molar refractivity (Wildman–Crippen MR) is 54.8 cm³/mol. The van der Waals surface area contributed by atoms with Crippen molar-refractivity contribution in [1.82, 2.24) is 5.32 Å². The van der Waals surface area contributed by atoms with E-state index in [0.717, 1.165) is 0 Å². The summed E-state index contributed by atoms with van der Waals surface area (Å²) in [6, 6.07) is 0. The highest BCUT2D eigenvalue weighted by Crippen LogP contribution is 2.37. The van der Waals surface area contributed by atoms with Gasteiger partial charge < -0.3 is 15.1 Å². The van der Waals surface area contributed by atoms with Crippen molar-refractivity contribution in [2.24, 2.45) is 5.41 Å². The number of phosphoric acid groups is 1. The van der Waals surface area contributed by atoms with Crippen molar-refractivity contribution in [3.63, 3.8) is 0 Å². The zero-order valence-electron chi connectivity index (χ0n) is 9.10. The maximum atomic E-state index is 10.5. The maximum Gasteiger partial charge on any atom is 0.469 e. The maximum absolute atomic E-state index is 10.5. The Hall–Kier alpha value is 0.0300. The Morgan fingerprint density at radius 3 is 2.47 bits per heavy atom. The summed E-state index contributed by atoms with van der Waals surface area (Å²) in [5.74, 6) is 0. The molecule has 0 unspecified atom stereocenters. The highest BCUT2D eigenvalue weighted by molar-refractivity contribution is 7.46. The summed E-state index contributed by atoms with van der Waals surface area (Å²) in [6.07, 6.45) is 0.551. The summed E-state index contributed by atoms with van der Waals surface area (Å²) in [6.45, 7) is 4.67. The number of phosphoric ester groups is 1. The van der Waals surface area contributed by atoms with E-state index >= 15 is 0 Å². The van der Waals surface area contributed by atoms with Gasteiger partial charge >= 0.3 is 7.82 Å². The summed E-state index contributed by atoms with van der Waals surface area (Å²) < 4.78 is 14.9. The molecule has 0 saturated heterocycles. The van der Waals surface area contributed by atoms with Crippen LogP contribution in [0.4, 0.5) is 0 Å². The van der Waals surface area contributed by atoms with E-state index in [1.165, 1.54) is 0 Å². The van der Waals surface area contributed by atoms with Crippen molar-refractivity contribution >= 4 is 7.82 Å². The molecule has 0 fully saturated rings. The molecule has 91 valence electrons. The monoisotopic (exact) mass is 240 g/mol. The fourth-order valence-electron chi connectivity index (χ4n) is 0.934. The van der Waals surface area contributed by atoms with Gasteiger partial charge in [-0.25, -0.2) is 9.67 Å². The van der Waals surface area contributed by atoms with Crippen LogP contribution < -0.4 is 5.32 Å². The molecule has 1 radical (unpaired) electrons. The second-order valence-corrected chi connectivity index (χ2v) is 5.40. The molecule has 0 bridgehead atoms. The summed E-state index contributed by atoms with van der Waals surface area (Å²) >= 11 is 0. The molecule has 0 rings (SSSR count). The lowest BCUT2D eigenvalue weighted by Crippen LogP contribution is -2.33. The fraction of sp³-hybridized carbons (Fsp3) is 1.00. The molecule has 0 aliphatic heterocycles. The molecule has 0 aromatic rings. The van der Waals surface area contributed by atoms with Crippen LogP contribution >= 0.6 is 7.82 Å². The molecule has 0 aromatic carbocycles. The van der Waals surface area contributed by atoms with Crippen LogP contribution in [0.5, 0.6) is 0 Å². The zero-order valence-corrected chi connectivity index (χ0v) is 10.00. The minimum Gasteiger partial charge on any atom is -0.316 e. The molecule has 0 aliphatic carbocycles. The van der Waals surface area contributed by atoms with Crippen molar-refractivity contribution < 1.29 is 24.0 Å². The zero-order chi connectivity index (χ0) is 11.9. The molecule has 0 aliphatic rings. The Morgan fingerprint density at radius 2 is 2.00 bits per heavy atom. The first-order chi connectivity index (χ1) is 6.77. The SMILES string of the molecule is CC(C)(CNCCC[O])COP(=O)(O)O. The van der Waals surface area contributed by atoms with Gasteiger partial charge in [0.05, 0.1) is 13.2 Å². The van der Waals surface area contributed by atoms with E-state index in [1.54, 1.807) is 0 Å². The van der Waals surface area contributed by atoms with Gasteiger partial charge in [0.15, 0.2) is 0 Å². The topological polar surface area (TPSA) is 98.7 Å². The molecule has 6 nitrogen and oxygen atoms in total. The second-order valence-electron chi connectivity index (χ2n) is 4.16. The predicted octanol–water partition coefficient (Wildman–Crippen LogP) is 0.532. The largest absolute Gasteiger partial charge is 0.469 e. The van der Waals surface area contributed by atoms with Crippen molar-refractivity contribution in [2.45, 2.75) is 20.3 Å². The van der Waals surface area contributed by atoms with E-state index < -0.39 is 7.82 Å². The lowest BCUT2D eigenvalue weighted by Gasteiger charge is -2.24. The Balaban J connectivity index is 3.72. The number of hydrogen-bond donors (Lipinski definition) is 3. The molecule has 15 heavy (non-hydrogen) atoms. The van der Waals surface area contributed by atoms with Crippen LogP contribution in [-0.4, -0.2) is 36.1 Å². The van der Waals surface area contributed by atoms with E-state index in [9.17, 15) is 9.67 Å². The normalized spacial score (nSPS) is 13.1. The van der Waals surface area contributed by atoms with Gasteiger partial charge in [0.25, 0.3) is 0 Å². The number of hydrogen-bond acceptors (Lipinski definition) is 3. The van der Waals surface area contributed by atoms with Crippen LogP contribution in [-0.2, 0) is 14.2 Å². The Kier molecular flexibility index (Phi) is 6.59. The van der Waals surface area contributed by atoms with Gasteiger partial charge in [0, 0.05) is 12.0 Å². The molecule has 0 spiro atoms. The van der Waals surface area contributed by atoms with Crippen LogP contribution in [0.3, 0.4) is 0 Å². The fourth-order valence-corrected chi connectivity index (χ4v) is 1.45. The van der Waals surface area contributed by atoms with Crippen LogP contribution in [0.15, 0.2) is 0 Å². The highest BCUT2D eigenvalue weighted by Gasteiger charge is 2.23. The van der Waals surface area contributed by atoms with E-state index in [2.05, 4.69) is 9.84 Å². The van der Waals surface area contributed by atoms with Gasteiger partial charge in [-0.3, -0.25) is 4.52 Å². The number of rotatable bonds is 8. The molecule has 7 heteroatoms. The molecule has 0 heterocycles. The molecular formula is C8H19NO5P. The lowest BCUT2D eigenvalue weighted by molar-refractivity contribution is 0.126. The Labute approximate surface area is 89.9 Å². The van der Waals surface area contributed by atoms with Crippen LogP contribution in [0.2, 0.25) is 0 Å². The van der Waals surface area contributed by atoms with Gasteiger partial charge in [0.2, 0.25) is 0 Å². The van der Waals surface area contributed by atoms with Gasteiger partial charge in [-0.15, -0.1) is 0 Å². The van der Waals surface area contributed by atoms with Gasteiger partial charge in [-0.1, -0.05) is 13.8 Å². The third kappa shape index (κ3) is 10.3. The van der Waals surface area contributed by atoms with Crippen molar-refractivity contribution in [3.8, 4) is 0 Å². The average molecular weight is 240 g/mol. The number of nitrogens with one attached hydrogen (secondary N) is 1. The summed E-state index contributed by atoms with van der Waals surface area (Å²) in [4.78, 5) is 17.0. The van der Waals surface area contributed by atoms with Gasteiger partial charge in [0.1, 0.15) is 0 Å². The van der Waals surface area contributed by atoms with Crippen molar-refractivity contribution in [1.29, 1.82) is 0 Å². The quantitative estimate of drug-likeness (QED) is 0.424. The van der Waals surface area contributed by atoms with E-state index in [0.29, 0.717) is 19.5 Å². The summed E-state index contributed by atoms with van der Waals surface area (Å²) in [5, 5.41) is 13.2. The third-order valence-corrected chi connectivity index (χ3v) is 2.19. The van der Waals surface area contributed by atoms with E-state index in [-0.39, 0.29) is 18.6 Å². The van der Waals surface area contributed by atoms with Gasteiger partial charge in [-0.05, 0) is 13.0 Å². The molecule has 0 atom stereocenters. The van der Waals surface area contributed by atoms with Crippen molar-refractivity contribution in [2.75, 3.05) is 26.3 Å². The minimum atomic E-state index is -4.38. The highest BCUT2D eigenvalue weighted by atomic mass is 31.2. The third-order valence-electron chi connectivity index (χ3n) is 1.72. The first-order valence-electron chi connectivity index (χ1n) is 4.76. The standard InChI is InChI=1S/C8H19NO5P/c1-8(2,6-9-4-3-5-10)7-14-15(11,12)13/h9H,3-7H2,1-2H3,(H2,11,12,13). The van der Waals surface area contributed by atoms with Crippen molar-refractivity contribution in [3.05, 3.63) is 0 Å². The minimum absolute atomic E-state index is 0.0261.